The number of nitrogens with zero attached hydrogens (tertiary/aromatic N) is 2. The van der Waals surface area contributed by atoms with Crippen LogP contribution in [-0.2, 0) is 5.60 Å². The normalized spacial score (nSPS) is 14.6. The summed E-state index contributed by atoms with van der Waals surface area (Å²) in [5, 5.41) is 18.8. The Morgan fingerprint density at radius 3 is 2.48 bits per heavy atom. The van der Waals surface area contributed by atoms with Crippen LogP contribution in [-0.4, -0.2) is 33.0 Å². The van der Waals surface area contributed by atoms with E-state index in [0.29, 0.717) is 5.56 Å². The van der Waals surface area contributed by atoms with E-state index in [9.17, 15) is 18.3 Å². The van der Waals surface area contributed by atoms with E-state index in [1.54, 1.807) is 6.92 Å². The van der Waals surface area contributed by atoms with E-state index < -0.39 is 23.9 Å². The second kappa shape index (κ2) is 5.95. The average Bonchev–Trinajstić information content (AvgIpc) is 2.48. The molecule has 0 aliphatic carbocycles. The molecule has 0 amide bonds. The Hall–Kier alpha value is -1.90. The van der Waals surface area contributed by atoms with Crippen LogP contribution in [0.3, 0.4) is 0 Å². The molecule has 0 unspecified atom stereocenters. The van der Waals surface area contributed by atoms with Crippen LogP contribution in [0.15, 0.2) is 24.4 Å². The van der Waals surface area contributed by atoms with Gasteiger partial charge >= 0.3 is 6.18 Å². The molecule has 23 heavy (non-hydrogen) atoms. The van der Waals surface area contributed by atoms with Crippen LogP contribution in [0.25, 0.3) is 11.3 Å². The molecule has 0 fully saturated rings. The third-order valence-electron chi connectivity index (χ3n) is 3.44. The van der Waals surface area contributed by atoms with Crippen molar-refractivity contribution >= 4 is 17.4 Å². The summed E-state index contributed by atoms with van der Waals surface area (Å²) in [5.41, 5.74) is 2.64. The number of anilines is 1. The van der Waals surface area contributed by atoms with Gasteiger partial charge in [0.1, 0.15) is 0 Å². The fourth-order valence-electron chi connectivity index (χ4n) is 2.01. The second-order valence-electron chi connectivity index (χ2n) is 4.98. The largest absolute Gasteiger partial charge is 0.423 e. The molecule has 9 heteroatoms. The number of aliphatic hydroxyl groups is 2. The summed E-state index contributed by atoms with van der Waals surface area (Å²) in [6, 6.07) is 3.56. The summed E-state index contributed by atoms with van der Waals surface area (Å²) in [5.74, 6) is -0.00798. The van der Waals surface area contributed by atoms with Gasteiger partial charge < -0.3 is 15.9 Å². The molecule has 0 bridgehead atoms. The van der Waals surface area contributed by atoms with Gasteiger partial charge in [0, 0.05) is 5.56 Å². The van der Waals surface area contributed by atoms with E-state index in [1.165, 1.54) is 12.3 Å². The minimum Gasteiger partial charge on any atom is -0.393 e. The predicted molar refractivity (Wildman–Crippen MR) is 78.7 cm³/mol. The van der Waals surface area contributed by atoms with Crippen LogP contribution < -0.4 is 5.73 Å². The van der Waals surface area contributed by atoms with Crippen molar-refractivity contribution < 1.29 is 23.4 Å². The van der Waals surface area contributed by atoms with Crippen molar-refractivity contribution in [3.63, 3.8) is 0 Å². The Balaban J connectivity index is 2.62. The monoisotopic (exact) mass is 347 g/mol. The van der Waals surface area contributed by atoms with Crippen LogP contribution in [0.4, 0.5) is 19.0 Å². The maximum absolute atomic E-state index is 13.1. The van der Waals surface area contributed by atoms with Gasteiger partial charge in [0.2, 0.25) is 5.60 Å². The molecule has 1 aromatic carbocycles. The molecule has 0 saturated carbocycles. The van der Waals surface area contributed by atoms with Crippen LogP contribution in [0.5, 0.6) is 0 Å². The fourth-order valence-corrected chi connectivity index (χ4v) is 2.15. The summed E-state index contributed by atoms with van der Waals surface area (Å²) < 4.78 is 39.2. The highest BCUT2D eigenvalue weighted by Gasteiger charge is 2.54. The van der Waals surface area contributed by atoms with Crippen molar-refractivity contribution in [3.05, 3.63) is 40.7 Å². The number of alkyl halides is 3. The number of aliphatic hydroxyl groups excluding tert-OH is 1. The topological polar surface area (TPSA) is 92.3 Å². The quantitative estimate of drug-likeness (QED) is 0.793. The van der Waals surface area contributed by atoms with Gasteiger partial charge in [-0.2, -0.15) is 13.2 Å². The van der Waals surface area contributed by atoms with Gasteiger partial charge in [-0.05, 0) is 24.1 Å². The van der Waals surface area contributed by atoms with Crippen LogP contribution in [0.2, 0.25) is 5.15 Å². The lowest BCUT2D eigenvalue weighted by Crippen LogP contribution is -2.45. The second-order valence-corrected chi connectivity index (χ2v) is 5.34. The number of nitrogen functional groups attached to an aromatic ring is 1. The highest BCUT2D eigenvalue weighted by molar-refractivity contribution is 6.31. The summed E-state index contributed by atoms with van der Waals surface area (Å²) in [6.07, 6.45) is -3.78. The molecular weight excluding hydrogens is 335 g/mol. The number of hydrogen-bond donors (Lipinski definition) is 3. The molecule has 2 aromatic rings. The van der Waals surface area contributed by atoms with Gasteiger partial charge in [-0.15, -0.1) is 0 Å². The zero-order valence-corrected chi connectivity index (χ0v) is 12.7. The van der Waals surface area contributed by atoms with Crippen molar-refractivity contribution in [2.75, 3.05) is 12.3 Å². The number of aryl methyl sites for hydroxylation is 1. The van der Waals surface area contributed by atoms with E-state index in [4.69, 9.17) is 22.4 Å². The van der Waals surface area contributed by atoms with Crippen molar-refractivity contribution in [2.45, 2.75) is 18.7 Å². The van der Waals surface area contributed by atoms with Crippen molar-refractivity contribution in [3.8, 4) is 11.3 Å². The number of nitrogens with two attached hydrogens (primary N) is 1. The smallest absolute Gasteiger partial charge is 0.393 e. The molecule has 0 aliphatic heterocycles. The molecule has 124 valence electrons. The Kier molecular flexibility index (Phi) is 4.52. The SMILES string of the molecule is Cc1ccc([C@@](O)(CO)C(F)(F)F)cc1-c1cnc(N)c(Cl)n1. The highest BCUT2D eigenvalue weighted by atomic mass is 35.5. The van der Waals surface area contributed by atoms with Crippen LogP contribution in [0.1, 0.15) is 11.1 Å². The zero-order chi connectivity index (χ0) is 17.4. The molecule has 0 spiro atoms. The summed E-state index contributed by atoms with van der Waals surface area (Å²) in [7, 11) is 0. The third kappa shape index (κ3) is 3.10. The Morgan fingerprint density at radius 2 is 1.96 bits per heavy atom. The minimum atomic E-state index is -5.04. The van der Waals surface area contributed by atoms with E-state index in [-0.39, 0.29) is 22.2 Å². The first-order valence-corrected chi connectivity index (χ1v) is 6.77. The van der Waals surface area contributed by atoms with Gasteiger partial charge in [0.05, 0.1) is 18.5 Å². The molecule has 0 radical (unpaired) electrons. The van der Waals surface area contributed by atoms with Crippen LogP contribution in [0, 0.1) is 6.92 Å². The van der Waals surface area contributed by atoms with E-state index >= 15 is 0 Å². The lowest BCUT2D eigenvalue weighted by Gasteiger charge is -2.29. The Bertz CT molecular complexity index is 740. The molecule has 2 rings (SSSR count). The first kappa shape index (κ1) is 17.5. The van der Waals surface area contributed by atoms with Crippen molar-refractivity contribution in [2.24, 2.45) is 0 Å². The van der Waals surface area contributed by atoms with E-state index in [2.05, 4.69) is 9.97 Å². The van der Waals surface area contributed by atoms with Gasteiger partial charge in [-0.25, -0.2) is 9.97 Å². The van der Waals surface area contributed by atoms with Crippen molar-refractivity contribution in [1.82, 2.24) is 9.97 Å². The predicted octanol–water partition coefficient (Wildman–Crippen LogP) is 2.43. The molecule has 1 heterocycles. The summed E-state index contributed by atoms with van der Waals surface area (Å²) in [4.78, 5) is 7.77. The van der Waals surface area contributed by atoms with Crippen molar-refractivity contribution in [1.29, 1.82) is 0 Å². The fraction of sp³-hybridized carbons (Fsp3) is 0.286. The molecule has 5 nitrogen and oxygen atoms in total. The molecular formula is C14H13ClF3N3O2. The van der Waals surface area contributed by atoms with Crippen LogP contribution >= 0.6 is 11.6 Å². The number of hydrogen-bond acceptors (Lipinski definition) is 5. The lowest BCUT2D eigenvalue weighted by molar-refractivity contribution is -0.277. The maximum Gasteiger partial charge on any atom is 0.423 e. The first-order valence-electron chi connectivity index (χ1n) is 6.39. The minimum absolute atomic E-state index is 0.00798. The van der Waals surface area contributed by atoms with Gasteiger partial charge in [0.25, 0.3) is 0 Å². The Morgan fingerprint density at radius 1 is 1.30 bits per heavy atom. The molecule has 4 N–H and O–H groups in total. The molecule has 1 atom stereocenters. The number of aromatic nitrogens is 2. The average molecular weight is 348 g/mol. The number of rotatable bonds is 3. The maximum atomic E-state index is 13.1. The number of benzene rings is 1. The van der Waals surface area contributed by atoms with Gasteiger partial charge in [-0.3, -0.25) is 0 Å². The zero-order valence-electron chi connectivity index (χ0n) is 11.9. The van der Waals surface area contributed by atoms with Gasteiger partial charge in [0.15, 0.2) is 11.0 Å². The van der Waals surface area contributed by atoms with Gasteiger partial charge in [-0.1, -0.05) is 23.7 Å². The summed E-state index contributed by atoms with van der Waals surface area (Å²) >= 11 is 5.78. The van der Waals surface area contributed by atoms with E-state index in [0.717, 1.165) is 12.1 Å². The summed E-state index contributed by atoms with van der Waals surface area (Å²) in [6.45, 7) is 0.143. The molecule has 1 aromatic heterocycles. The Labute approximate surface area is 134 Å². The number of halogens is 4. The standard InChI is InChI=1S/C14H13ClF3N3O2/c1-7-2-3-8(13(23,6-22)14(16,17)18)4-9(7)10-5-20-12(19)11(15)21-10/h2-5,22-23H,6H2,1H3,(H2,19,20)/t13-/m0/s1. The lowest BCUT2D eigenvalue weighted by atomic mass is 9.90. The molecule has 0 aliphatic rings. The first-order chi connectivity index (χ1) is 10.6. The third-order valence-corrected chi connectivity index (χ3v) is 3.72. The molecule has 0 saturated heterocycles. The van der Waals surface area contributed by atoms with E-state index in [1.807, 2.05) is 0 Å². The highest BCUT2D eigenvalue weighted by Crippen LogP contribution is 2.40.